The van der Waals surface area contributed by atoms with Gasteiger partial charge in [0.1, 0.15) is 5.75 Å². The molecule has 5 nitrogen and oxygen atoms in total. The fourth-order valence-corrected chi connectivity index (χ4v) is 5.14. The van der Waals surface area contributed by atoms with Crippen LogP contribution in [0.4, 0.5) is 0 Å². The van der Waals surface area contributed by atoms with E-state index in [0.29, 0.717) is 34.9 Å². The predicted octanol–water partition coefficient (Wildman–Crippen LogP) is 5.17. The number of fused-ring (bicyclic) bond motifs is 1. The number of pyridine rings is 1. The highest BCUT2D eigenvalue weighted by molar-refractivity contribution is 7.13. The van der Waals surface area contributed by atoms with Crippen LogP contribution in [-0.2, 0) is 0 Å². The Morgan fingerprint density at radius 1 is 1.03 bits per heavy atom. The molecule has 0 aliphatic carbocycles. The third-order valence-electron chi connectivity index (χ3n) is 6.03. The molecule has 2 aromatic heterocycles. The van der Waals surface area contributed by atoms with Crippen molar-refractivity contribution in [1.82, 2.24) is 10.3 Å². The van der Waals surface area contributed by atoms with Crippen LogP contribution in [0.3, 0.4) is 0 Å². The summed E-state index contributed by atoms with van der Waals surface area (Å²) >= 11 is 1.53. The summed E-state index contributed by atoms with van der Waals surface area (Å²) in [5.41, 5.74) is 3.28. The lowest BCUT2D eigenvalue weighted by atomic mass is 9.96. The van der Waals surface area contributed by atoms with Crippen LogP contribution in [0.5, 0.6) is 5.75 Å². The van der Waals surface area contributed by atoms with E-state index in [1.165, 1.54) is 11.3 Å². The van der Waals surface area contributed by atoms with Gasteiger partial charge in [-0.15, -0.1) is 11.3 Å². The van der Waals surface area contributed by atoms with Crippen molar-refractivity contribution in [2.24, 2.45) is 5.92 Å². The second-order valence-electron chi connectivity index (χ2n) is 8.03. The quantitative estimate of drug-likeness (QED) is 0.448. The average Bonchev–Trinajstić information content (AvgIpc) is 3.37. The minimum absolute atomic E-state index is 0.179. The summed E-state index contributed by atoms with van der Waals surface area (Å²) in [5, 5.41) is 15.8. The van der Waals surface area contributed by atoms with Crippen molar-refractivity contribution in [2.45, 2.75) is 12.8 Å². The molecule has 2 N–H and O–H groups in total. The average molecular weight is 442 g/mol. The number of hydrogen-bond donors (Lipinski definition) is 2. The maximum absolute atomic E-state index is 13.3. The van der Waals surface area contributed by atoms with E-state index in [-0.39, 0.29) is 5.56 Å². The molecule has 1 aliphatic heterocycles. The molecule has 0 unspecified atom stereocenters. The summed E-state index contributed by atoms with van der Waals surface area (Å²) in [7, 11) is 0. The molecule has 0 bridgehead atoms. The lowest BCUT2D eigenvalue weighted by molar-refractivity contribution is 0.217. The largest absolute Gasteiger partial charge is 0.492 e. The summed E-state index contributed by atoms with van der Waals surface area (Å²) in [4.78, 5) is 17.3. The zero-order valence-corrected chi connectivity index (χ0v) is 18.4. The number of hydrogen-bond acceptors (Lipinski definition) is 5. The van der Waals surface area contributed by atoms with E-state index in [4.69, 9.17) is 4.74 Å². The second-order valence-corrected chi connectivity index (χ2v) is 8.97. The monoisotopic (exact) mass is 441 g/mol. The highest BCUT2D eigenvalue weighted by Gasteiger charge is 2.21. The van der Waals surface area contributed by atoms with Gasteiger partial charge in [-0.2, -0.15) is 5.26 Å². The molecule has 0 radical (unpaired) electrons. The molecule has 0 saturated carbocycles. The molecule has 3 heterocycles. The summed E-state index contributed by atoms with van der Waals surface area (Å²) in [5.74, 6) is 1.09. The third-order valence-corrected chi connectivity index (χ3v) is 6.92. The molecule has 5 rings (SSSR count). The molecule has 1 saturated heterocycles. The van der Waals surface area contributed by atoms with Crippen LogP contribution in [0, 0.1) is 17.2 Å². The van der Waals surface area contributed by atoms with E-state index in [9.17, 15) is 10.1 Å². The Balaban J connectivity index is 1.70. The molecule has 1 aliphatic rings. The molecule has 32 heavy (non-hydrogen) atoms. The van der Waals surface area contributed by atoms with Crippen molar-refractivity contribution in [3.05, 3.63) is 75.9 Å². The van der Waals surface area contributed by atoms with Crippen molar-refractivity contribution >= 4 is 22.2 Å². The summed E-state index contributed by atoms with van der Waals surface area (Å²) in [6.45, 7) is 2.58. The van der Waals surface area contributed by atoms with Gasteiger partial charge in [0.05, 0.1) is 29.3 Å². The molecule has 4 aromatic rings. The third kappa shape index (κ3) is 3.81. The Bertz CT molecular complexity index is 1350. The van der Waals surface area contributed by atoms with Gasteiger partial charge in [-0.1, -0.05) is 36.4 Å². The first kappa shape index (κ1) is 20.5. The fraction of sp³-hybridized carbons (Fsp3) is 0.231. The van der Waals surface area contributed by atoms with E-state index >= 15 is 0 Å². The number of para-hydroxylation sites is 1. The first-order valence-electron chi connectivity index (χ1n) is 10.8. The van der Waals surface area contributed by atoms with Crippen LogP contribution in [-0.4, -0.2) is 24.7 Å². The molecule has 0 spiro atoms. The van der Waals surface area contributed by atoms with Gasteiger partial charge in [0.15, 0.2) is 0 Å². The Hall–Kier alpha value is -3.40. The fourth-order valence-electron chi connectivity index (χ4n) is 4.37. The van der Waals surface area contributed by atoms with Gasteiger partial charge in [0.2, 0.25) is 0 Å². The normalized spacial score (nSPS) is 14.3. The SMILES string of the molecule is N#Cc1ccccc1-c1cccc2c(OCC3CCNCC3)c(-c3cccs3)c(=O)[nH]c12. The number of thiophene rings is 1. The van der Waals surface area contributed by atoms with E-state index in [1.54, 1.807) is 6.07 Å². The van der Waals surface area contributed by atoms with Crippen LogP contribution in [0.25, 0.3) is 32.5 Å². The second kappa shape index (κ2) is 8.99. The van der Waals surface area contributed by atoms with Gasteiger partial charge in [-0.05, 0) is 55.4 Å². The molecule has 6 heteroatoms. The maximum Gasteiger partial charge on any atom is 0.260 e. The molecule has 1 fully saturated rings. The Morgan fingerprint density at radius 2 is 1.84 bits per heavy atom. The number of H-pyrrole nitrogens is 1. The minimum atomic E-state index is -0.179. The van der Waals surface area contributed by atoms with E-state index < -0.39 is 0 Å². The number of nitriles is 1. The summed E-state index contributed by atoms with van der Waals surface area (Å²) in [6, 6.07) is 19.5. The van der Waals surface area contributed by atoms with Gasteiger partial charge in [-0.3, -0.25) is 4.79 Å². The van der Waals surface area contributed by atoms with Crippen molar-refractivity contribution in [2.75, 3.05) is 19.7 Å². The number of ether oxygens (including phenoxy) is 1. The van der Waals surface area contributed by atoms with E-state index in [0.717, 1.165) is 47.3 Å². The van der Waals surface area contributed by atoms with Gasteiger partial charge in [0.25, 0.3) is 5.56 Å². The number of piperidine rings is 1. The predicted molar refractivity (Wildman–Crippen MR) is 129 cm³/mol. The first-order valence-corrected chi connectivity index (χ1v) is 11.7. The van der Waals surface area contributed by atoms with Crippen molar-refractivity contribution in [3.8, 4) is 33.4 Å². The number of aromatic nitrogens is 1. The highest BCUT2D eigenvalue weighted by atomic mass is 32.1. The maximum atomic E-state index is 13.3. The number of aromatic amines is 1. The zero-order valence-electron chi connectivity index (χ0n) is 17.6. The number of nitrogens with one attached hydrogen (secondary N) is 2. The standard InChI is InChI=1S/C26H23N3O2S/c27-15-18-5-1-2-6-19(18)20-7-3-8-21-24(20)29-26(30)23(22-9-4-14-32-22)25(21)31-16-17-10-12-28-13-11-17/h1-9,14,17,28H,10-13,16H2,(H,29,30). The van der Waals surface area contributed by atoms with Crippen LogP contribution < -0.4 is 15.6 Å². The summed E-state index contributed by atoms with van der Waals surface area (Å²) < 4.78 is 6.44. The Kier molecular flexibility index (Phi) is 5.76. The highest BCUT2D eigenvalue weighted by Crippen LogP contribution is 2.39. The molecular weight excluding hydrogens is 418 g/mol. The lowest BCUT2D eigenvalue weighted by Crippen LogP contribution is -2.30. The van der Waals surface area contributed by atoms with Gasteiger partial charge < -0.3 is 15.0 Å². The number of rotatable bonds is 5. The van der Waals surface area contributed by atoms with Gasteiger partial charge >= 0.3 is 0 Å². The summed E-state index contributed by atoms with van der Waals surface area (Å²) in [6.07, 6.45) is 2.13. The Labute approximate surface area is 190 Å². The van der Waals surface area contributed by atoms with Crippen molar-refractivity contribution in [3.63, 3.8) is 0 Å². The minimum Gasteiger partial charge on any atom is -0.492 e. The van der Waals surface area contributed by atoms with Crippen LogP contribution >= 0.6 is 11.3 Å². The van der Waals surface area contributed by atoms with Crippen molar-refractivity contribution in [1.29, 1.82) is 5.26 Å². The molecule has 0 amide bonds. The van der Waals surface area contributed by atoms with E-state index in [2.05, 4.69) is 16.4 Å². The molecule has 160 valence electrons. The first-order chi connectivity index (χ1) is 15.8. The molecule has 0 atom stereocenters. The Morgan fingerprint density at radius 3 is 2.62 bits per heavy atom. The van der Waals surface area contributed by atoms with Gasteiger partial charge in [0, 0.05) is 21.4 Å². The van der Waals surface area contributed by atoms with E-state index in [1.807, 2.05) is 53.9 Å². The lowest BCUT2D eigenvalue weighted by Gasteiger charge is -2.24. The van der Waals surface area contributed by atoms with Crippen LogP contribution in [0.1, 0.15) is 18.4 Å². The number of benzene rings is 2. The number of nitrogens with zero attached hydrogens (tertiary/aromatic N) is 1. The molecular formula is C26H23N3O2S. The smallest absolute Gasteiger partial charge is 0.260 e. The topological polar surface area (TPSA) is 77.9 Å². The van der Waals surface area contributed by atoms with Crippen molar-refractivity contribution < 1.29 is 4.74 Å². The van der Waals surface area contributed by atoms with Gasteiger partial charge in [-0.25, -0.2) is 0 Å². The van der Waals surface area contributed by atoms with Crippen LogP contribution in [0.15, 0.2) is 64.8 Å². The van der Waals surface area contributed by atoms with Crippen LogP contribution in [0.2, 0.25) is 0 Å². The zero-order chi connectivity index (χ0) is 21.9. The molecule has 2 aromatic carbocycles.